The molecule has 2 unspecified atom stereocenters. The van der Waals surface area contributed by atoms with E-state index in [9.17, 15) is 4.79 Å². The van der Waals surface area contributed by atoms with Crippen LogP contribution >= 0.6 is 11.8 Å². The summed E-state index contributed by atoms with van der Waals surface area (Å²) >= 11 is 1.67. The summed E-state index contributed by atoms with van der Waals surface area (Å²) in [5, 5.41) is 3.46. The van der Waals surface area contributed by atoms with Gasteiger partial charge in [0, 0.05) is 23.5 Å². The van der Waals surface area contributed by atoms with E-state index >= 15 is 0 Å². The molecule has 1 saturated heterocycles. The molecule has 0 aromatic heterocycles. The van der Waals surface area contributed by atoms with Crippen molar-refractivity contribution in [2.45, 2.75) is 50.2 Å². The number of amides is 1. The van der Waals surface area contributed by atoms with Gasteiger partial charge in [0.25, 0.3) is 0 Å². The maximum atomic E-state index is 12.4. The van der Waals surface area contributed by atoms with Gasteiger partial charge < -0.3 is 9.64 Å². The molecule has 0 saturated carbocycles. The fourth-order valence-corrected chi connectivity index (χ4v) is 3.44. The van der Waals surface area contributed by atoms with Gasteiger partial charge in [0.1, 0.15) is 5.75 Å². The molecule has 0 spiro atoms. The molecule has 1 aromatic carbocycles. The van der Waals surface area contributed by atoms with E-state index in [1.807, 2.05) is 11.2 Å². The molecule has 1 amide bonds. The number of benzene rings is 1. The summed E-state index contributed by atoms with van der Waals surface area (Å²) in [6.07, 6.45) is 2.91. The number of nitrogens with one attached hydrogen (secondary N) is 1. The number of methoxy groups -OCH3 is 1. The molecule has 5 heteroatoms. The Morgan fingerprint density at radius 2 is 2.09 bits per heavy atom. The lowest BCUT2D eigenvalue weighted by Gasteiger charge is -2.23. The molecule has 1 fully saturated rings. The molecule has 2 rings (SSSR count). The monoisotopic (exact) mass is 322 g/mol. The minimum absolute atomic E-state index is 0.0800. The zero-order valence-corrected chi connectivity index (χ0v) is 14.9. The normalized spacial score (nSPS) is 19.8. The second-order valence-electron chi connectivity index (χ2n) is 5.97. The molecule has 1 heterocycles. The van der Waals surface area contributed by atoms with Crippen molar-refractivity contribution in [3.8, 4) is 5.75 Å². The van der Waals surface area contributed by atoms with Crippen LogP contribution in [0.2, 0.25) is 0 Å². The maximum Gasteiger partial charge on any atom is 0.240 e. The van der Waals surface area contributed by atoms with Gasteiger partial charge in [0.2, 0.25) is 5.91 Å². The number of carbonyl (C=O) groups excluding carboxylic acids is 1. The van der Waals surface area contributed by atoms with Gasteiger partial charge in [0.15, 0.2) is 0 Å². The Bertz CT molecular complexity index is 533. The number of likely N-dealkylation sites (tertiary alicyclic amines) is 1. The number of carbonyl (C=O) groups is 1. The molecule has 22 heavy (non-hydrogen) atoms. The zero-order chi connectivity index (χ0) is 16.3. The van der Waals surface area contributed by atoms with Crippen LogP contribution in [0, 0.1) is 0 Å². The Morgan fingerprint density at radius 3 is 2.64 bits per heavy atom. The highest BCUT2D eigenvalue weighted by atomic mass is 32.2. The number of thioether (sulfide) groups is 1. The third-order valence-corrected chi connectivity index (χ3v) is 5.00. The van der Waals surface area contributed by atoms with Crippen LogP contribution in [0.25, 0.3) is 0 Å². The van der Waals surface area contributed by atoms with E-state index in [4.69, 9.17) is 4.74 Å². The highest BCUT2D eigenvalue weighted by Crippen LogP contribution is 2.30. The van der Waals surface area contributed by atoms with E-state index < -0.39 is 0 Å². The second-order valence-corrected chi connectivity index (χ2v) is 6.82. The SMILES string of the molecule is COc1cc(C(C)NC2CCN(C(C)C)C2=O)ccc1SC. The molecule has 2 atom stereocenters. The molecule has 0 radical (unpaired) electrons. The first-order valence-corrected chi connectivity index (χ1v) is 8.98. The van der Waals surface area contributed by atoms with Crippen molar-refractivity contribution in [1.29, 1.82) is 0 Å². The van der Waals surface area contributed by atoms with E-state index in [2.05, 4.69) is 44.3 Å². The lowest BCUT2D eigenvalue weighted by molar-refractivity contribution is -0.130. The standard InChI is InChI=1S/C17H26N2O2S/c1-11(2)19-9-8-14(17(19)20)18-12(3)13-6-7-16(22-5)15(10-13)21-4/h6-7,10-12,14,18H,8-9H2,1-5H3. The summed E-state index contributed by atoms with van der Waals surface area (Å²) < 4.78 is 5.44. The third-order valence-electron chi connectivity index (χ3n) is 4.22. The van der Waals surface area contributed by atoms with Gasteiger partial charge in [-0.1, -0.05) is 6.07 Å². The van der Waals surface area contributed by atoms with Crippen molar-refractivity contribution in [1.82, 2.24) is 10.2 Å². The van der Waals surface area contributed by atoms with E-state index in [0.29, 0.717) is 0 Å². The number of rotatable bonds is 6. The minimum atomic E-state index is -0.0800. The van der Waals surface area contributed by atoms with Gasteiger partial charge in [-0.2, -0.15) is 0 Å². The largest absolute Gasteiger partial charge is 0.496 e. The van der Waals surface area contributed by atoms with Gasteiger partial charge in [-0.05, 0) is 51.1 Å². The Hall–Kier alpha value is -1.20. The average Bonchev–Trinajstić information content (AvgIpc) is 2.87. The van der Waals surface area contributed by atoms with Crippen molar-refractivity contribution in [3.05, 3.63) is 23.8 Å². The molecular weight excluding hydrogens is 296 g/mol. The van der Waals surface area contributed by atoms with E-state index in [1.54, 1.807) is 18.9 Å². The van der Waals surface area contributed by atoms with E-state index in [1.165, 1.54) is 0 Å². The molecule has 1 N–H and O–H groups in total. The van der Waals surface area contributed by atoms with Crippen molar-refractivity contribution < 1.29 is 9.53 Å². The highest BCUT2D eigenvalue weighted by molar-refractivity contribution is 7.98. The van der Waals surface area contributed by atoms with Gasteiger partial charge >= 0.3 is 0 Å². The predicted octanol–water partition coefficient (Wildman–Crippen LogP) is 3.08. The third kappa shape index (κ3) is 3.58. The molecule has 4 nitrogen and oxygen atoms in total. The maximum absolute atomic E-state index is 12.4. The van der Waals surface area contributed by atoms with Crippen LogP contribution < -0.4 is 10.1 Å². The quantitative estimate of drug-likeness (QED) is 0.817. The molecule has 1 aliphatic rings. The molecule has 0 aliphatic carbocycles. The van der Waals surface area contributed by atoms with Crippen molar-refractivity contribution in [2.24, 2.45) is 0 Å². The smallest absolute Gasteiger partial charge is 0.240 e. The minimum Gasteiger partial charge on any atom is -0.496 e. The summed E-state index contributed by atoms with van der Waals surface area (Å²) in [6, 6.07) is 6.55. The Kier molecular flexibility index (Phi) is 5.75. The molecule has 122 valence electrons. The Balaban J connectivity index is 2.07. The first-order chi connectivity index (χ1) is 10.5. The van der Waals surface area contributed by atoms with Crippen LogP contribution in [-0.2, 0) is 4.79 Å². The first-order valence-electron chi connectivity index (χ1n) is 7.76. The molecule has 0 bridgehead atoms. The lowest BCUT2D eigenvalue weighted by Crippen LogP contribution is -2.41. The summed E-state index contributed by atoms with van der Waals surface area (Å²) in [4.78, 5) is 15.4. The van der Waals surface area contributed by atoms with Crippen LogP contribution in [0.1, 0.15) is 38.8 Å². The van der Waals surface area contributed by atoms with Crippen LogP contribution in [-0.4, -0.2) is 42.8 Å². The van der Waals surface area contributed by atoms with Gasteiger partial charge in [-0.25, -0.2) is 0 Å². The molecular formula is C17H26N2O2S. The highest BCUT2D eigenvalue weighted by Gasteiger charge is 2.33. The topological polar surface area (TPSA) is 41.6 Å². The van der Waals surface area contributed by atoms with Crippen LogP contribution in [0.4, 0.5) is 0 Å². The van der Waals surface area contributed by atoms with Crippen LogP contribution in [0.5, 0.6) is 5.75 Å². The zero-order valence-electron chi connectivity index (χ0n) is 14.1. The first kappa shape index (κ1) is 17.2. The van der Waals surface area contributed by atoms with Crippen LogP contribution in [0.15, 0.2) is 23.1 Å². The van der Waals surface area contributed by atoms with Gasteiger partial charge in [-0.15, -0.1) is 11.8 Å². The summed E-state index contributed by atoms with van der Waals surface area (Å²) in [6.45, 7) is 7.07. The number of hydrogen-bond donors (Lipinski definition) is 1. The predicted molar refractivity (Wildman–Crippen MR) is 91.6 cm³/mol. The van der Waals surface area contributed by atoms with Crippen molar-refractivity contribution in [2.75, 3.05) is 19.9 Å². The van der Waals surface area contributed by atoms with Crippen LogP contribution in [0.3, 0.4) is 0 Å². The summed E-state index contributed by atoms with van der Waals surface area (Å²) in [5.41, 5.74) is 1.14. The van der Waals surface area contributed by atoms with E-state index in [-0.39, 0.29) is 24.0 Å². The number of nitrogens with zero attached hydrogens (tertiary/aromatic N) is 1. The molecule has 1 aliphatic heterocycles. The summed E-state index contributed by atoms with van der Waals surface area (Å²) in [7, 11) is 1.69. The van der Waals surface area contributed by atoms with E-state index in [0.717, 1.165) is 29.2 Å². The van der Waals surface area contributed by atoms with Crippen molar-refractivity contribution >= 4 is 17.7 Å². The average molecular weight is 322 g/mol. The van der Waals surface area contributed by atoms with Crippen molar-refractivity contribution in [3.63, 3.8) is 0 Å². The number of ether oxygens (including phenoxy) is 1. The van der Waals surface area contributed by atoms with Gasteiger partial charge in [-0.3, -0.25) is 10.1 Å². The second kappa shape index (κ2) is 7.38. The fraction of sp³-hybridized carbons (Fsp3) is 0.588. The Labute approximate surface area is 137 Å². The Morgan fingerprint density at radius 1 is 1.36 bits per heavy atom. The van der Waals surface area contributed by atoms with Gasteiger partial charge in [0.05, 0.1) is 13.2 Å². The molecule has 1 aromatic rings. The number of hydrogen-bond acceptors (Lipinski definition) is 4. The fourth-order valence-electron chi connectivity index (χ4n) is 2.89. The summed E-state index contributed by atoms with van der Waals surface area (Å²) in [5.74, 6) is 1.11. The lowest BCUT2D eigenvalue weighted by atomic mass is 10.1.